The quantitative estimate of drug-likeness (QED) is 0.591. The van der Waals surface area contributed by atoms with Gasteiger partial charge in [0.05, 0.1) is 26.8 Å². The largest absolute Gasteiger partial charge is 0.496 e. The molecule has 0 bridgehead atoms. The summed E-state index contributed by atoms with van der Waals surface area (Å²) in [6.07, 6.45) is 2.10. The highest BCUT2D eigenvalue weighted by molar-refractivity contribution is 6.02. The molecular weight excluding hydrogens is 410 g/mol. The van der Waals surface area contributed by atoms with Gasteiger partial charge in [-0.1, -0.05) is 12.1 Å². The molecule has 1 fully saturated rings. The number of ether oxygens (including phenoxy) is 3. The Kier molecular flexibility index (Phi) is 6.20. The first-order valence-electron chi connectivity index (χ1n) is 10.5. The third kappa shape index (κ3) is 4.08. The molecule has 0 spiro atoms. The number of likely N-dealkylation sites (tertiary alicyclic amines) is 1. The summed E-state index contributed by atoms with van der Waals surface area (Å²) in [5, 5.41) is 3.62. The Balaban J connectivity index is 1.52. The minimum absolute atomic E-state index is 0.0411. The Labute approximate surface area is 186 Å². The van der Waals surface area contributed by atoms with E-state index in [2.05, 4.69) is 10.3 Å². The van der Waals surface area contributed by atoms with E-state index in [1.807, 2.05) is 29.2 Å². The molecule has 0 saturated carbocycles. The minimum atomic E-state index is -0.277. The second kappa shape index (κ2) is 9.21. The van der Waals surface area contributed by atoms with E-state index in [9.17, 15) is 9.59 Å². The normalized spacial score (nSPS) is 13.3. The van der Waals surface area contributed by atoms with Crippen LogP contribution in [0.1, 0.15) is 39.3 Å². The Hall–Kier alpha value is -3.68. The number of aromatic nitrogens is 1. The Morgan fingerprint density at radius 2 is 1.75 bits per heavy atom. The van der Waals surface area contributed by atoms with E-state index < -0.39 is 0 Å². The molecule has 1 aliphatic rings. The van der Waals surface area contributed by atoms with Crippen LogP contribution in [-0.2, 0) is 6.54 Å². The number of fused-ring (bicyclic) bond motifs is 1. The van der Waals surface area contributed by atoms with E-state index in [0.29, 0.717) is 46.0 Å². The van der Waals surface area contributed by atoms with Crippen molar-refractivity contribution in [3.8, 4) is 17.2 Å². The molecule has 168 valence electrons. The predicted molar refractivity (Wildman–Crippen MR) is 121 cm³/mol. The topological polar surface area (TPSA) is 92.9 Å². The van der Waals surface area contributed by atoms with Crippen LogP contribution in [0, 0.1) is 0 Å². The molecule has 32 heavy (non-hydrogen) atoms. The van der Waals surface area contributed by atoms with Crippen LogP contribution in [0.15, 0.2) is 36.4 Å². The van der Waals surface area contributed by atoms with Crippen LogP contribution in [0.2, 0.25) is 0 Å². The van der Waals surface area contributed by atoms with Gasteiger partial charge >= 0.3 is 0 Å². The maximum atomic E-state index is 12.8. The van der Waals surface area contributed by atoms with Gasteiger partial charge in [0.1, 0.15) is 11.4 Å². The number of hydrogen-bond acceptors (Lipinski definition) is 5. The number of carbonyl (C=O) groups is 2. The van der Waals surface area contributed by atoms with Gasteiger partial charge in [-0.2, -0.15) is 0 Å². The average Bonchev–Trinajstić information content (AvgIpc) is 3.51. The molecule has 1 saturated heterocycles. The molecule has 1 aromatic heterocycles. The molecule has 1 aliphatic heterocycles. The molecule has 3 aromatic rings. The number of benzene rings is 2. The SMILES string of the molecule is COc1cc(OC)c2cc(C(=O)NCc3cccc(C(=O)N4CCCC4)c3)[nH]c2c1OC. The zero-order chi connectivity index (χ0) is 22.7. The molecule has 8 nitrogen and oxygen atoms in total. The van der Waals surface area contributed by atoms with Gasteiger partial charge in [-0.15, -0.1) is 0 Å². The van der Waals surface area contributed by atoms with Crippen LogP contribution in [0.4, 0.5) is 0 Å². The van der Waals surface area contributed by atoms with Crippen LogP contribution in [0.5, 0.6) is 17.2 Å². The number of aromatic amines is 1. The number of H-pyrrole nitrogens is 1. The van der Waals surface area contributed by atoms with E-state index in [0.717, 1.165) is 31.5 Å². The molecule has 2 heterocycles. The molecule has 0 atom stereocenters. The summed E-state index contributed by atoms with van der Waals surface area (Å²) < 4.78 is 16.3. The monoisotopic (exact) mass is 437 g/mol. The van der Waals surface area contributed by atoms with E-state index in [4.69, 9.17) is 14.2 Å². The smallest absolute Gasteiger partial charge is 0.268 e. The number of methoxy groups -OCH3 is 3. The third-order valence-electron chi connectivity index (χ3n) is 5.71. The van der Waals surface area contributed by atoms with E-state index in [1.165, 1.54) is 0 Å². The van der Waals surface area contributed by atoms with Crippen LogP contribution in [0.3, 0.4) is 0 Å². The van der Waals surface area contributed by atoms with E-state index in [-0.39, 0.29) is 11.8 Å². The number of carbonyl (C=O) groups excluding carboxylic acids is 2. The lowest BCUT2D eigenvalue weighted by Crippen LogP contribution is -2.28. The number of nitrogens with one attached hydrogen (secondary N) is 2. The van der Waals surface area contributed by atoms with Crippen LogP contribution in [-0.4, -0.2) is 56.1 Å². The maximum Gasteiger partial charge on any atom is 0.268 e. The lowest BCUT2D eigenvalue weighted by atomic mass is 10.1. The second-order valence-electron chi connectivity index (χ2n) is 7.67. The highest BCUT2D eigenvalue weighted by Gasteiger charge is 2.21. The van der Waals surface area contributed by atoms with Crippen molar-refractivity contribution in [2.24, 2.45) is 0 Å². The Morgan fingerprint density at radius 3 is 2.44 bits per heavy atom. The van der Waals surface area contributed by atoms with Crippen molar-refractivity contribution in [2.75, 3.05) is 34.4 Å². The number of nitrogens with zero attached hydrogens (tertiary/aromatic N) is 1. The van der Waals surface area contributed by atoms with Crippen LogP contribution >= 0.6 is 0 Å². The summed E-state index contributed by atoms with van der Waals surface area (Å²) in [6.45, 7) is 1.91. The fourth-order valence-corrected chi connectivity index (χ4v) is 4.05. The van der Waals surface area contributed by atoms with Gasteiger partial charge in [-0.25, -0.2) is 0 Å². The first-order valence-corrected chi connectivity index (χ1v) is 10.5. The van der Waals surface area contributed by atoms with E-state index >= 15 is 0 Å². The van der Waals surface area contributed by atoms with Gasteiger partial charge in [0.15, 0.2) is 11.5 Å². The fraction of sp³-hybridized carbons (Fsp3) is 0.333. The number of rotatable bonds is 7. The Morgan fingerprint density at radius 1 is 1.00 bits per heavy atom. The lowest BCUT2D eigenvalue weighted by Gasteiger charge is -2.15. The van der Waals surface area contributed by atoms with Gasteiger partial charge in [0.25, 0.3) is 11.8 Å². The summed E-state index contributed by atoms with van der Waals surface area (Å²) in [5.74, 6) is 1.33. The lowest BCUT2D eigenvalue weighted by molar-refractivity contribution is 0.0792. The summed E-state index contributed by atoms with van der Waals surface area (Å²) in [7, 11) is 4.65. The van der Waals surface area contributed by atoms with Gasteiger partial charge in [0.2, 0.25) is 0 Å². The van der Waals surface area contributed by atoms with Crippen molar-refractivity contribution in [2.45, 2.75) is 19.4 Å². The highest BCUT2D eigenvalue weighted by atomic mass is 16.5. The minimum Gasteiger partial charge on any atom is -0.496 e. The van der Waals surface area contributed by atoms with Crippen molar-refractivity contribution in [1.29, 1.82) is 0 Å². The molecule has 2 amide bonds. The zero-order valence-electron chi connectivity index (χ0n) is 18.5. The van der Waals surface area contributed by atoms with Crippen molar-refractivity contribution < 1.29 is 23.8 Å². The van der Waals surface area contributed by atoms with E-state index in [1.54, 1.807) is 33.5 Å². The Bertz CT molecular complexity index is 1150. The van der Waals surface area contributed by atoms with Gasteiger partial charge in [-0.3, -0.25) is 9.59 Å². The van der Waals surface area contributed by atoms with Crippen LogP contribution in [0.25, 0.3) is 10.9 Å². The summed E-state index contributed by atoms with van der Waals surface area (Å²) in [4.78, 5) is 30.5. The standard InChI is InChI=1S/C24H27N3O5/c1-30-19-13-20(31-2)22(32-3)21-17(19)12-18(26-21)23(28)25-14-15-7-6-8-16(11-15)24(29)27-9-4-5-10-27/h6-8,11-13,26H,4-5,9-10,14H2,1-3H3,(H,25,28). The molecule has 8 heteroatoms. The molecule has 2 N–H and O–H groups in total. The fourth-order valence-electron chi connectivity index (χ4n) is 4.05. The van der Waals surface area contributed by atoms with Gasteiger partial charge in [-0.05, 0) is 36.6 Å². The number of hydrogen-bond donors (Lipinski definition) is 2. The highest BCUT2D eigenvalue weighted by Crippen LogP contribution is 2.41. The predicted octanol–water partition coefficient (Wildman–Crippen LogP) is 3.36. The second-order valence-corrected chi connectivity index (χ2v) is 7.67. The van der Waals surface area contributed by atoms with Crippen molar-refractivity contribution in [1.82, 2.24) is 15.2 Å². The molecule has 4 rings (SSSR count). The molecular formula is C24H27N3O5. The van der Waals surface area contributed by atoms with Gasteiger partial charge in [0, 0.05) is 36.7 Å². The molecule has 0 aliphatic carbocycles. The number of amides is 2. The summed E-state index contributed by atoms with van der Waals surface area (Å²) in [6, 6.07) is 10.8. The zero-order valence-corrected chi connectivity index (χ0v) is 18.5. The molecule has 0 radical (unpaired) electrons. The molecule has 2 aromatic carbocycles. The average molecular weight is 437 g/mol. The van der Waals surface area contributed by atoms with Crippen molar-refractivity contribution in [3.63, 3.8) is 0 Å². The first-order chi connectivity index (χ1) is 15.5. The van der Waals surface area contributed by atoms with Crippen molar-refractivity contribution >= 4 is 22.7 Å². The first kappa shape index (κ1) is 21.5. The van der Waals surface area contributed by atoms with Gasteiger partial charge < -0.3 is 29.4 Å². The summed E-state index contributed by atoms with van der Waals surface area (Å²) >= 11 is 0. The maximum absolute atomic E-state index is 12.8. The van der Waals surface area contributed by atoms with Crippen LogP contribution < -0.4 is 19.5 Å². The molecule has 0 unspecified atom stereocenters. The van der Waals surface area contributed by atoms with Crippen molar-refractivity contribution in [3.05, 3.63) is 53.2 Å². The summed E-state index contributed by atoms with van der Waals surface area (Å²) in [5.41, 5.74) is 2.49. The third-order valence-corrected chi connectivity index (χ3v) is 5.71.